The van der Waals surface area contributed by atoms with Gasteiger partial charge in [0.05, 0.1) is 4.88 Å². The van der Waals surface area contributed by atoms with E-state index in [1.165, 1.54) is 11.3 Å². The summed E-state index contributed by atoms with van der Waals surface area (Å²) in [7, 11) is 2.15. The number of ether oxygens (including phenoxy) is 1. The van der Waals surface area contributed by atoms with E-state index < -0.39 is 0 Å². The van der Waals surface area contributed by atoms with E-state index in [1.807, 2.05) is 42.6 Å². The summed E-state index contributed by atoms with van der Waals surface area (Å²) < 4.78 is 6.05. The molecule has 1 N–H and O–H groups in total. The first-order valence-corrected chi connectivity index (χ1v) is 9.26. The molecule has 0 saturated carbocycles. The average molecular weight is 344 g/mol. The fraction of sp³-hybridized carbons (Fsp3) is 0.421. The van der Waals surface area contributed by atoms with Crippen LogP contribution in [0.5, 0.6) is 5.75 Å². The zero-order valence-electron chi connectivity index (χ0n) is 14.2. The van der Waals surface area contributed by atoms with Gasteiger partial charge in [-0.15, -0.1) is 11.3 Å². The Morgan fingerprint density at radius 1 is 1.25 bits per heavy atom. The first-order chi connectivity index (χ1) is 11.6. The van der Waals surface area contributed by atoms with Crippen LogP contribution in [0.3, 0.4) is 0 Å². The third-order valence-electron chi connectivity index (χ3n) is 4.41. The number of benzene rings is 1. The second kappa shape index (κ2) is 7.81. The summed E-state index contributed by atoms with van der Waals surface area (Å²) in [4.78, 5) is 15.3. The molecule has 0 unspecified atom stereocenters. The number of thiophene rings is 1. The Bertz CT molecular complexity index is 673. The van der Waals surface area contributed by atoms with Gasteiger partial charge in [0.25, 0.3) is 5.91 Å². The first kappa shape index (κ1) is 17.0. The molecule has 24 heavy (non-hydrogen) atoms. The Hall–Kier alpha value is -1.85. The van der Waals surface area contributed by atoms with Gasteiger partial charge in [-0.25, -0.2) is 0 Å². The van der Waals surface area contributed by atoms with E-state index in [0.29, 0.717) is 12.6 Å². The summed E-state index contributed by atoms with van der Waals surface area (Å²) in [5, 5.41) is 4.92. The molecule has 1 aromatic heterocycles. The van der Waals surface area contributed by atoms with Gasteiger partial charge in [0, 0.05) is 19.6 Å². The normalized spacial score (nSPS) is 16.1. The van der Waals surface area contributed by atoms with Crippen LogP contribution >= 0.6 is 11.3 Å². The largest absolute Gasteiger partial charge is 0.490 e. The van der Waals surface area contributed by atoms with Gasteiger partial charge in [-0.2, -0.15) is 0 Å². The van der Waals surface area contributed by atoms with Crippen molar-refractivity contribution >= 4 is 17.2 Å². The van der Waals surface area contributed by atoms with Crippen LogP contribution < -0.4 is 10.1 Å². The van der Waals surface area contributed by atoms with Gasteiger partial charge in [-0.05, 0) is 61.5 Å². The van der Waals surface area contributed by atoms with E-state index in [0.717, 1.165) is 47.7 Å². The highest BCUT2D eigenvalue weighted by Crippen LogP contribution is 2.19. The fourth-order valence-electron chi connectivity index (χ4n) is 2.85. The zero-order valence-corrected chi connectivity index (χ0v) is 15.1. The van der Waals surface area contributed by atoms with Crippen LogP contribution in [-0.4, -0.2) is 37.0 Å². The van der Waals surface area contributed by atoms with Crippen LogP contribution in [0.4, 0.5) is 0 Å². The molecule has 1 aliphatic heterocycles. The molecule has 3 rings (SSSR count). The summed E-state index contributed by atoms with van der Waals surface area (Å²) in [6.07, 6.45) is 2.47. The molecule has 128 valence electrons. The molecule has 1 fully saturated rings. The topological polar surface area (TPSA) is 41.6 Å². The van der Waals surface area contributed by atoms with Gasteiger partial charge < -0.3 is 15.0 Å². The van der Waals surface area contributed by atoms with Crippen molar-refractivity contribution in [1.82, 2.24) is 10.2 Å². The number of piperidine rings is 1. The Labute approximate surface area is 147 Å². The molecule has 2 heterocycles. The molecule has 0 spiro atoms. The predicted molar refractivity (Wildman–Crippen MR) is 97.8 cm³/mol. The van der Waals surface area contributed by atoms with E-state index in [4.69, 9.17) is 4.74 Å². The van der Waals surface area contributed by atoms with E-state index in [9.17, 15) is 4.79 Å². The highest BCUT2D eigenvalue weighted by atomic mass is 32.1. The number of aryl methyl sites for hydroxylation is 1. The van der Waals surface area contributed by atoms with E-state index in [1.54, 1.807) is 0 Å². The van der Waals surface area contributed by atoms with E-state index >= 15 is 0 Å². The molecule has 1 aromatic carbocycles. The summed E-state index contributed by atoms with van der Waals surface area (Å²) in [6, 6.07) is 10.00. The lowest BCUT2D eigenvalue weighted by atomic mass is 10.1. The summed E-state index contributed by atoms with van der Waals surface area (Å²) in [5.41, 5.74) is 2.10. The van der Waals surface area contributed by atoms with Gasteiger partial charge in [0.15, 0.2) is 0 Å². The summed E-state index contributed by atoms with van der Waals surface area (Å²) in [5.74, 6) is 0.905. The Morgan fingerprint density at radius 2 is 1.96 bits per heavy atom. The van der Waals surface area contributed by atoms with Crippen molar-refractivity contribution in [2.45, 2.75) is 32.4 Å². The Balaban J connectivity index is 1.49. The third-order valence-corrected chi connectivity index (χ3v) is 5.43. The van der Waals surface area contributed by atoms with Crippen molar-refractivity contribution in [2.75, 3.05) is 20.1 Å². The van der Waals surface area contributed by atoms with Crippen molar-refractivity contribution in [2.24, 2.45) is 0 Å². The van der Waals surface area contributed by atoms with E-state index in [2.05, 4.69) is 17.3 Å². The number of carbonyl (C=O) groups is 1. The molecular weight excluding hydrogens is 320 g/mol. The van der Waals surface area contributed by atoms with Gasteiger partial charge in [0.1, 0.15) is 11.9 Å². The van der Waals surface area contributed by atoms with Crippen LogP contribution in [0.15, 0.2) is 35.7 Å². The molecule has 0 aliphatic carbocycles. The number of nitrogens with zero attached hydrogens (tertiary/aromatic N) is 1. The van der Waals surface area contributed by atoms with E-state index in [-0.39, 0.29) is 5.91 Å². The van der Waals surface area contributed by atoms with Crippen LogP contribution in [0.1, 0.15) is 33.6 Å². The minimum Gasteiger partial charge on any atom is -0.490 e. The highest BCUT2D eigenvalue weighted by molar-refractivity contribution is 7.12. The van der Waals surface area contributed by atoms with Crippen LogP contribution in [0.2, 0.25) is 0 Å². The SMILES string of the molecule is Cc1ccsc1C(=O)NCc1ccc(OC2CCN(C)CC2)cc1. The lowest BCUT2D eigenvalue weighted by molar-refractivity contribution is 0.0954. The molecular formula is C19H24N2O2S. The fourth-order valence-corrected chi connectivity index (χ4v) is 3.69. The van der Waals surface area contributed by atoms with Crippen molar-refractivity contribution in [3.63, 3.8) is 0 Å². The summed E-state index contributed by atoms with van der Waals surface area (Å²) >= 11 is 1.48. The van der Waals surface area contributed by atoms with Crippen molar-refractivity contribution in [1.29, 1.82) is 0 Å². The van der Waals surface area contributed by atoms with Gasteiger partial charge in [0.2, 0.25) is 0 Å². The maximum atomic E-state index is 12.1. The average Bonchev–Trinajstić information content (AvgIpc) is 3.02. The number of carbonyl (C=O) groups excluding carboxylic acids is 1. The zero-order chi connectivity index (χ0) is 16.9. The molecule has 0 radical (unpaired) electrons. The van der Waals surface area contributed by atoms with Gasteiger partial charge >= 0.3 is 0 Å². The van der Waals surface area contributed by atoms with Gasteiger partial charge in [-0.3, -0.25) is 4.79 Å². The second-order valence-corrected chi connectivity index (χ2v) is 7.30. The van der Waals surface area contributed by atoms with Crippen LogP contribution in [-0.2, 0) is 6.54 Å². The van der Waals surface area contributed by atoms with Crippen molar-refractivity contribution < 1.29 is 9.53 Å². The molecule has 2 aromatic rings. The molecule has 0 bridgehead atoms. The van der Waals surface area contributed by atoms with Crippen LogP contribution in [0, 0.1) is 6.92 Å². The monoisotopic (exact) mass is 344 g/mol. The highest BCUT2D eigenvalue weighted by Gasteiger charge is 2.17. The molecule has 4 nitrogen and oxygen atoms in total. The van der Waals surface area contributed by atoms with Crippen molar-refractivity contribution in [3.05, 3.63) is 51.7 Å². The van der Waals surface area contributed by atoms with Crippen LogP contribution in [0.25, 0.3) is 0 Å². The number of likely N-dealkylation sites (tertiary alicyclic amines) is 1. The lowest BCUT2D eigenvalue weighted by Gasteiger charge is -2.29. The maximum absolute atomic E-state index is 12.1. The third kappa shape index (κ3) is 4.36. The van der Waals surface area contributed by atoms with Crippen molar-refractivity contribution in [3.8, 4) is 5.75 Å². The Kier molecular flexibility index (Phi) is 5.53. The first-order valence-electron chi connectivity index (χ1n) is 8.38. The van der Waals surface area contributed by atoms with Gasteiger partial charge in [-0.1, -0.05) is 12.1 Å². The molecule has 0 atom stereocenters. The maximum Gasteiger partial charge on any atom is 0.261 e. The number of hydrogen-bond acceptors (Lipinski definition) is 4. The molecule has 1 aliphatic rings. The smallest absolute Gasteiger partial charge is 0.261 e. The minimum absolute atomic E-state index is 0.00541. The number of amides is 1. The molecule has 1 saturated heterocycles. The standard InChI is InChI=1S/C19H24N2O2S/c1-14-9-12-24-18(14)19(22)20-13-15-3-5-16(6-4-15)23-17-7-10-21(2)11-8-17/h3-6,9,12,17H,7-8,10-11,13H2,1-2H3,(H,20,22). The number of hydrogen-bond donors (Lipinski definition) is 1. The summed E-state index contributed by atoms with van der Waals surface area (Å²) in [6.45, 7) is 4.68. The lowest BCUT2D eigenvalue weighted by Crippen LogP contribution is -2.35. The molecule has 5 heteroatoms. The minimum atomic E-state index is -0.00541. The molecule has 1 amide bonds. The second-order valence-electron chi connectivity index (χ2n) is 6.38. The number of nitrogens with one attached hydrogen (secondary N) is 1. The predicted octanol–water partition coefficient (Wildman–Crippen LogP) is 3.46. The quantitative estimate of drug-likeness (QED) is 0.903. The Morgan fingerprint density at radius 3 is 2.58 bits per heavy atom. The number of rotatable bonds is 5.